The molecule has 0 aliphatic carbocycles. The number of aromatic nitrogens is 2. The number of hydrogen-bond donors (Lipinski definition) is 0. The van der Waals surface area contributed by atoms with Crippen LogP contribution in [-0.4, -0.2) is 22.5 Å². The van der Waals surface area contributed by atoms with Crippen LogP contribution in [-0.2, 0) is 0 Å². The average molecular weight is 344 g/mol. The lowest BCUT2D eigenvalue weighted by molar-refractivity contribution is 0.111. The number of fused-ring (bicyclic) bond motifs is 1. The van der Waals surface area contributed by atoms with Gasteiger partial charge in [-0.15, -0.1) is 11.3 Å². The summed E-state index contributed by atoms with van der Waals surface area (Å²) in [5.41, 5.74) is 3.86. The quantitative estimate of drug-likeness (QED) is 0.506. The van der Waals surface area contributed by atoms with Gasteiger partial charge < -0.3 is 0 Å². The van der Waals surface area contributed by atoms with Crippen LogP contribution in [0.3, 0.4) is 0 Å². The maximum absolute atomic E-state index is 10.9. The van der Waals surface area contributed by atoms with Crippen molar-refractivity contribution in [2.24, 2.45) is 0 Å². The molecule has 120 valence electrons. The molecule has 4 nitrogen and oxygen atoms in total. The number of carbonyl (C=O) groups is 2. The van der Waals surface area contributed by atoms with Crippen molar-refractivity contribution in [2.45, 2.75) is 0 Å². The third kappa shape index (κ3) is 2.86. The molecule has 0 N–H and O–H groups in total. The first-order chi connectivity index (χ1) is 12.3. The molecule has 0 aliphatic heterocycles. The summed E-state index contributed by atoms with van der Waals surface area (Å²) < 4.78 is 0. The first-order valence-corrected chi connectivity index (χ1v) is 8.53. The van der Waals surface area contributed by atoms with Gasteiger partial charge in [-0.1, -0.05) is 48.5 Å². The number of thiophene rings is 1. The summed E-state index contributed by atoms with van der Waals surface area (Å²) in [6, 6.07) is 16.5. The molecule has 5 heteroatoms. The lowest BCUT2D eigenvalue weighted by atomic mass is 10.1. The molecule has 25 heavy (non-hydrogen) atoms. The second-order valence-corrected chi connectivity index (χ2v) is 6.41. The van der Waals surface area contributed by atoms with E-state index < -0.39 is 0 Å². The summed E-state index contributed by atoms with van der Waals surface area (Å²) in [6.07, 6.45) is 1.64. The van der Waals surface area contributed by atoms with Gasteiger partial charge in [-0.3, -0.25) is 9.59 Å². The van der Waals surface area contributed by atoms with Crippen molar-refractivity contribution in [3.05, 3.63) is 71.1 Å². The fourth-order valence-corrected chi connectivity index (χ4v) is 3.40. The number of benzene rings is 2. The summed E-state index contributed by atoms with van der Waals surface area (Å²) in [6.45, 7) is 0. The van der Waals surface area contributed by atoms with E-state index in [4.69, 9.17) is 4.98 Å². The normalized spacial score (nSPS) is 10.7. The highest BCUT2D eigenvalue weighted by Crippen LogP contribution is 2.31. The molecule has 2 heterocycles. The Balaban J connectivity index is 1.88. The van der Waals surface area contributed by atoms with Crippen molar-refractivity contribution in [2.75, 3.05) is 0 Å². The molecule has 2 aromatic heterocycles. The van der Waals surface area contributed by atoms with E-state index in [9.17, 15) is 9.59 Å². The molecule has 0 amide bonds. The molecule has 0 radical (unpaired) electrons. The van der Waals surface area contributed by atoms with E-state index in [0.29, 0.717) is 17.0 Å². The van der Waals surface area contributed by atoms with Gasteiger partial charge in [-0.05, 0) is 11.4 Å². The van der Waals surface area contributed by atoms with Crippen LogP contribution in [0.5, 0.6) is 0 Å². The third-order valence-electron chi connectivity index (χ3n) is 3.95. The maximum Gasteiger partial charge on any atom is 0.161 e. The Morgan fingerprint density at radius 1 is 0.720 bits per heavy atom. The monoisotopic (exact) mass is 344 g/mol. The Morgan fingerprint density at radius 2 is 1.32 bits per heavy atom. The van der Waals surface area contributed by atoms with Crippen LogP contribution in [0.25, 0.3) is 32.9 Å². The lowest BCUT2D eigenvalue weighted by Gasteiger charge is -2.07. The number of rotatable bonds is 4. The van der Waals surface area contributed by atoms with E-state index in [2.05, 4.69) is 4.98 Å². The van der Waals surface area contributed by atoms with Crippen LogP contribution >= 0.6 is 11.3 Å². The van der Waals surface area contributed by atoms with E-state index in [1.165, 1.54) is 0 Å². The molecular weight excluding hydrogens is 332 g/mol. The summed E-state index contributed by atoms with van der Waals surface area (Å²) in [5.74, 6) is 0.613. The van der Waals surface area contributed by atoms with Crippen LogP contribution in [0.4, 0.5) is 0 Å². The van der Waals surface area contributed by atoms with Crippen molar-refractivity contribution in [1.82, 2.24) is 9.97 Å². The summed E-state index contributed by atoms with van der Waals surface area (Å²) in [4.78, 5) is 32.0. The molecule has 2 aromatic carbocycles. The summed E-state index contributed by atoms with van der Waals surface area (Å²) in [5, 5.41) is 2.97. The lowest BCUT2D eigenvalue weighted by Crippen LogP contribution is -1.94. The Hall–Kier alpha value is -3.18. The first kappa shape index (κ1) is 15.4. The molecule has 0 saturated carbocycles. The molecule has 4 aromatic rings. The highest BCUT2D eigenvalue weighted by atomic mass is 32.1. The van der Waals surface area contributed by atoms with Gasteiger partial charge in [0.2, 0.25) is 0 Å². The Morgan fingerprint density at radius 3 is 1.92 bits per heavy atom. The maximum atomic E-state index is 10.9. The SMILES string of the molecule is O=Cc1ccc(-c2nc(-c3ccc(C=O)cc3)c3ccsc3n2)cc1. The standard InChI is InChI=1S/C20H12N2O2S/c23-11-13-1-5-15(6-2-13)18-17-9-10-25-20(17)22-19(21-18)16-7-3-14(12-24)4-8-16/h1-12H. The predicted molar refractivity (Wildman–Crippen MR) is 99.1 cm³/mol. The zero-order valence-corrected chi connectivity index (χ0v) is 13.9. The molecule has 0 bridgehead atoms. The summed E-state index contributed by atoms with van der Waals surface area (Å²) >= 11 is 1.56. The number of hydrogen-bond acceptors (Lipinski definition) is 5. The van der Waals surface area contributed by atoms with Crippen LogP contribution in [0.2, 0.25) is 0 Å². The zero-order valence-electron chi connectivity index (χ0n) is 13.0. The van der Waals surface area contributed by atoms with Crippen molar-refractivity contribution < 1.29 is 9.59 Å². The number of aldehydes is 2. The Bertz CT molecular complexity index is 1070. The molecule has 4 rings (SSSR count). The number of carbonyl (C=O) groups excluding carboxylic acids is 2. The van der Waals surface area contributed by atoms with Crippen LogP contribution in [0.15, 0.2) is 60.0 Å². The molecule has 0 saturated heterocycles. The van der Waals surface area contributed by atoms with Gasteiger partial charge in [0, 0.05) is 27.6 Å². The largest absolute Gasteiger partial charge is 0.298 e. The molecule has 0 spiro atoms. The number of nitrogens with zero attached hydrogens (tertiary/aromatic N) is 2. The van der Waals surface area contributed by atoms with Crippen molar-refractivity contribution in [3.63, 3.8) is 0 Å². The minimum atomic E-state index is 0.613. The van der Waals surface area contributed by atoms with Gasteiger partial charge >= 0.3 is 0 Å². The van der Waals surface area contributed by atoms with Gasteiger partial charge in [0.15, 0.2) is 5.82 Å². The van der Waals surface area contributed by atoms with E-state index in [1.54, 1.807) is 35.6 Å². The van der Waals surface area contributed by atoms with Gasteiger partial charge in [0.25, 0.3) is 0 Å². The van der Waals surface area contributed by atoms with Gasteiger partial charge in [-0.2, -0.15) is 0 Å². The molecule has 0 aliphatic rings. The Labute approximate surface area is 147 Å². The van der Waals surface area contributed by atoms with Gasteiger partial charge in [0.1, 0.15) is 17.4 Å². The van der Waals surface area contributed by atoms with Crippen molar-refractivity contribution >= 4 is 34.1 Å². The molecule has 0 fully saturated rings. The minimum absolute atomic E-state index is 0.613. The smallest absolute Gasteiger partial charge is 0.161 e. The fraction of sp³-hybridized carbons (Fsp3) is 0. The first-order valence-electron chi connectivity index (χ1n) is 7.65. The topological polar surface area (TPSA) is 59.9 Å². The van der Waals surface area contributed by atoms with Gasteiger partial charge in [-0.25, -0.2) is 9.97 Å². The third-order valence-corrected chi connectivity index (χ3v) is 4.76. The Kier molecular flexibility index (Phi) is 3.91. The second-order valence-electron chi connectivity index (χ2n) is 5.51. The fourth-order valence-electron chi connectivity index (χ4n) is 2.63. The highest BCUT2D eigenvalue weighted by Gasteiger charge is 2.12. The van der Waals surface area contributed by atoms with Crippen molar-refractivity contribution in [3.8, 4) is 22.6 Å². The van der Waals surface area contributed by atoms with Crippen molar-refractivity contribution in [1.29, 1.82) is 0 Å². The molecule has 0 atom stereocenters. The zero-order chi connectivity index (χ0) is 17.2. The molecule has 0 unspecified atom stereocenters. The predicted octanol–water partition coefficient (Wildman–Crippen LogP) is 4.65. The van der Waals surface area contributed by atoms with Crippen LogP contribution in [0, 0.1) is 0 Å². The van der Waals surface area contributed by atoms with Crippen LogP contribution in [0.1, 0.15) is 20.7 Å². The minimum Gasteiger partial charge on any atom is -0.298 e. The van der Waals surface area contributed by atoms with Crippen LogP contribution < -0.4 is 0 Å². The second kappa shape index (κ2) is 6.37. The van der Waals surface area contributed by atoms with Gasteiger partial charge in [0.05, 0.1) is 5.69 Å². The molecular formula is C20H12N2O2S. The average Bonchev–Trinajstić information content (AvgIpc) is 3.16. The van der Waals surface area contributed by atoms with E-state index in [1.807, 2.05) is 35.7 Å². The summed E-state index contributed by atoms with van der Waals surface area (Å²) in [7, 11) is 0. The van der Waals surface area contributed by atoms with E-state index in [-0.39, 0.29) is 0 Å². The van der Waals surface area contributed by atoms with E-state index in [0.717, 1.165) is 39.6 Å². The highest BCUT2D eigenvalue weighted by molar-refractivity contribution is 7.16. The van der Waals surface area contributed by atoms with E-state index >= 15 is 0 Å².